The summed E-state index contributed by atoms with van der Waals surface area (Å²) in [7, 11) is 1.68. The van der Waals surface area contributed by atoms with Crippen LogP contribution in [-0.4, -0.2) is 50.0 Å². The quantitative estimate of drug-likeness (QED) is 0.799. The number of hydrogen-bond acceptors (Lipinski definition) is 3. The third-order valence-electron chi connectivity index (χ3n) is 3.67. The van der Waals surface area contributed by atoms with E-state index in [1.54, 1.807) is 7.11 Å². The Balaban J connectivity index is 1.99. The molecular weight excluding hydrogens is 276 g/mol. The van der Waals surface area contributed by atoms with Crippen molar-refractivity contribution in [3.8, 4) is 5.75 Å². The van der Waals surface area contributed by atoms with Gasteiger partial charge >= 0.3 is 0 Å². The molecule has 0 saturated carbocycles. The van der Waals surface area contributed by atoms with Gasteiger partial charge in [-0.25, -0.2) is 0 Å². The molecule has 1 atom stereocenters. The van der Waals surface area contributed by atoms with E-state index >= 15 is 0 Å². The molecule has 1 saturated heterocycles. The van der Waals surface area contributed by atoms with Crippen LogP contribution in [0, 0.1) is 5.92 Å². The van der Waals surface area contributed by atoms with Crippen molar-refractivity contribution in [3.63, 3.8) is 0 Å². The first-order valence-electron chi connectivity index (χ1n) is 6.90. The standard InChI is InChI=1S/C15H21ClN2O2/c1-12(11-16)15(19)18-9-7-17(8-10-18)13-5-3-4-6-14(13)20-2/h3-6,12H,7-11H2,1-2H3. The van der Waals surface area contributed by atoms with E-state index in [9.17, 15) is 4.79 Å². The molecule has 2 rings (SSSR count). The van der Waals surface area contributed by atoms with Crippen molar-refractivity contribution in [2.45, 2.75) is 6.92 Å². The lowest BCUT2D eigenvalue weighted by atomic mass is 10.1. The van der Waals surface area contributed by atoms with Gasteiger partial charge in [0.2, 0.25) is 5.91 Å². The molecule has 0 aliphatic carbocycles. The van der Waals surface area contributed by atoms with Gasteiger partial charge in [-0.3, -0.25) is 4.79 Å². The number of halogens is 1. The van der Waals surface area contributed by atoms with Gasteiger partial charge in [0.05, 0.1) is 12.8 Å². The first-order valence-corrected chi connectivity index (χ1v) is 7.43. The number of carbonyl (C=O) groups excluding carboxylic acids is 1. The van der Waals surface area contributed by atoms with Crippen molar-refractivity contribution >= 4 is 23.2 Å². The summed E-state index contributed by atoms with van der Waals surface area (Å²) in [6.45, 7) is 4.99. The van der Waals surface area contributed by atoms with Crippen LogP contribution in [0.2, 0.25) is 0 Å². The molecule has 5 heteroatoms. The molecule has 1 heterocycles. The third kappa shape index (κ3) is 3.18. The Morgan fingerprint density at radius 1 is 1.30 bits per heavy atom. The zero-order chi connectivity index (χ0) is 14.5. The number of alkyl halides is 1. The highest BCUT2D eigenvalue weighted by Crippen LogP contribution is 2.28. The van der Waals surface area contributed by atoms with Gasteiger partial charge in [-0.1, -0.05) is 19.1 Å². The van der Waals surface area contributed by atoms with Crippen LogP contribution in [-0.2, 0) is 4.79 Å². The van der Waals surface area contributed by atoms with Crippen molar-refractivity contribution in [1.29, 1.82) is 0 Å². The third-order valence-corrected chi connectivity index (χ3v) is 4.13. The van der Waals surface area contributed by atoms with E-state index in [2.05, 4.69) is 11.0 Å². The Bertz CT molecular complexity index is 459. The van der Waals surface area contributed by atoms with Crippen molar-refractivity contribution in [1.82, 2.24) is 4.90 Å². The second-order valence-electron chi connectivity index (χ2n) is 5.04. The molecule has 1 aromatic carbocycles. The maximum Gasteiger partial charge on any atom is 0.226 e. The Morgan fingerprint density at radius 2 is 1.95 bits per heavy atom. The number of methoxy groups -OCH3 is 1. The molecule has 1 aliphatic rings. The molecule has 1 aromatic rings. The summed E-state index contributed by atoms with van der Waals surface area (Å²) in [6.07, 6.45) is 0. The van der Waals surface area contributed by atoms with E-state index in [1.807, 2.05) is 30.0 Å². The van der Waals surface area contributed by atoms with Gasteiger partial charge in [-0.15, -0.1) is 11.6 Å². The van der Waals surface area contributed by atoms with Gasteiger partial charge in [0.25, 0.3) is 0 Å². The highest BCUT2D eigenvalue weighted by molar-refractivity contribution is 6.19. The molecule has 0 aromatic heterocycles. The van der Waals surface area contributed by atoms with Gasteiger partial charge in [-0.2, -0.15) is 0 Å². The summed E-state index contributed by atoms with van der Waals surface area (Å²) in [6, 6.07) is 7.98. The largest absolute Gasteiger partial charge is 0.495 e. The van der Waals surface area contributed by atoms with Crippen LogP contribution in [0.5, 0.6) is 5.75 Å². The number of benzene rings is 1. The smallest absolute Gasteiger partial charge is 0.226 e. The average Bonchev–Trinajstić information content (AvgIpc) is 2.53. The lowest BCUT2D eigenvalue weighted by Crippen LogP contribution is -2.50. The van der Waals surface area contributed by atoms with Crippen LogP contribution in [0.4, 0.5) is 5.69 Å². The number of rotatable bonds is 4. The summed E-state index contributed by atoms with van der Waals surface area (Å²) in [5, 5.41) is 0. The highest BCUT2D eigenvalue weighted by atomic mass is 35.5. The summed E-state index contributed by atoms with van der Waals surface area (Å²) in [4.78, 5) is 16.3. The predicted molar refractivity (Wildman–Crippen MR) is 81.7 cm³/mol. The van der Waals surface area contributed by atoms with Gasteiger partial charge in [0.1, 0.15) is 5.75 Å². The predicted octanol–water partition coefficient (Wildman–Crippen LogP) is 2.22. The minimum Gasteiger partial charge on any atom is -0.495 e. The van der Waals surface area contributed by atoms with E-state index in [-0.39, 0.29) is 11.8 Å². The van der Waals surface area contributed by atoms with Gasteiger partial charge in [-0.05, 0) is 12.1 Å². The molecule has 0 bridgehead atoms. The summed E-state index contributed by atoms with van der Waals surface area (Å²) in [5.41, 5.74) is 1.09. The molecule has 4 nitrogen and oxygen atoms in total. The van der Waals surface area contributed by atoms with Crippen LogP contribution in [0.15, 0.2) is 24.3 Å². The molecule has 1 amide bonds. The second-order valence-corrected chi connectivity index (χ2v) is 5.35. The maximum absolute atomic E-state index is 12.1. The van der Waals surface area contributed by atoms with Crippen LogP contribution in [0.1, 0.15) is 6.92 Å². The lowest BCUT2D eigenvalue weighted by Gasteiger charge is -2.37. The van der Waals surface area contributed by atoms with Crippen LogP contribution >= 0.6 is 11.6 Å². The molecule has 0 radical (unpaired) electrons. The first kappa shape index (κ1) is 15.0. The number of nitrogens with zero attached hydrogens (tertiary/aromatic N) is 2. The van der Waals surface area contributed by atoms with Crippen LogP contribution in [0.25, 0.3) is 0 Å². The Morgan fingerprint density at radius 3 is 2.55 bits per heavy atom. The minimum atomic E-state index is -0.102. The fourth-order valence-corrected chi connectivity index (χ4v) is 2.57. The average molecular weight is 297 g/mol. The second kappa shape index (κ2) is 6.84. The number of para-hydroxylation sites is 2. The SMILES string of the molecule is COc1ccccc1N1CCN(C(=O)C(C)CCl)CC1. The lowest BCUT2D eigenvalue weighted by molar-refractivity contribution is -0.134. The molecule has 1 aliphatic heterocycles. The summed E-state index contributed by atoms with van der Waals surface area (Å²) >= 11 is 5.76. The van der Waals surface area contributed by atoms with E-state index in [0.29, 0.717) is 5.88 Å². The topological polar surface area (TPSA) is 32.8 Å². The first-order chi connectivity index (χ1) is 9.67. The van der Waals surface area contributed by atoms with E-state index < -0.39 is 0 Å². The van der Waals surface area contributed by atoms with Crippen molar-refractivity contribution in [3.05, 3.63) is 24.3 Å². The molecule has 20 heavy (non-hydrogen) atoms. The number of piperazine rings is 1. The maximum atomic E-state index is 12.1. The molecule has 1 unspecified atom stereocenters. The minimum absolute atomic E-state index is 0.102. The zero-order valence-corrected chi connectivity index (χ0v) is 12.8. The molecular formula is C15H21ClN2O2. The van der Waals surface area contributed by atoms with Gasteiger partial charge in [0, 0.05) is 38.0 Å². The van der Waals surface area contributed by atoms with E-state index in [1.165, 1.54) is 0 Å². The van der Waals surface area contributed by atoms with Crippen LogP contribution in [0.3, 0.4) is 0 Å². The number of hydrogen-bond donors (Lipinski definition) is 0. The highest BCUT2D eigenvalue weighted by Gasteiger charge is 2.25. The number of ether oxygens (including phenoxy) is 1. The number of carbonyl (C=O) groups is 1. The zero-order valence-electron chi connectivity index (χ0n) is 12.0. The van der Waals surface area contributed by atoms with Crippen molar-refractivity contribution < 1.29 is 9.53 Å². The fraction of sp³-hybridized carbons (Fsp3) is 0.533. The van der Waals surface area contributed by atoms with Crippen molar-refractivity contribution in [2.75, 3.05) is 44.1 Å². The number of anilines is 1. The Labute approximate surface area is 125 Å². The number of amides is 1. The molecule has 110 valence electrons. The summed E-state index contributed by atoms with van der Waals surface area (Å²) in [5.74, 6) is 1.31. The van der Waals surface area contributed by atoms with Gasteiger partial charge in [0.15, 0.2) is 0 Å². The molecule has 0 N–H and O–H groups in total. The molecule has 1 fully saturated rings. The monoisotopic (exact) mass is 296 g/mol. The molecule has 0 spiro atoms. The van der Waals surface area contributed by atoms with Crippen molar-refractivity contribution in [2.24, 2.45) is 5.92 Å². The Kier molecular flexibility index (Phi) is 5.12. The van der Waals surface area contributed by atoms with E-state index in [0.717, 1.165) is 37.6 Å². The normalized spacial score (nSPS) is 16.9. The Hall–Kier alpha value is -1.42. The summed E-state index contributed by atoms with van der Waals surface area (Å²) < 4.78 is 5.39. The van der Waals surface area contributed by atoms with Crippen LogP contribution < -0.4 is 9.64 Å². The van der Waals surface area contributed by atoms with E-state index in [4.69, 9.17) is 16.3 Å². The van der Waals surface area contributed by atoms with Gasteiger partial charge < -0.3 is 14.5 Å². The fourth-order valence-electron chi connectivity index (χ4n) is 2.44.